The number of aryl methyl sites for hydroxylation is 1. The standard InChI is InChI=1S/C23H25NO4/c1-16(28-22(25)14-13-17-7-5-10-19(15-17)27-2)23(26)24-21-12-6-9-18-8-3-4-11-20(18)21/h3-5,7-8,10-11,13-16,21H,6,9,12H2,1-2H3,(H,24,26)/b14-13+/t16-,21+/m0/s1. The van der Waals surface area contributed by atoms with Gasteiger partial charge in [-0.2, -0.15) is 0 Å². The lowest BCUT2D eigenvalue weighted by atomic mass is 9.87. The smallest absolute Gasteiger partial charge is 0.331 e. The van der Waals surface area contributed by atoms with Crippen molar-refractivity contribution in [2.45, 2.75) is 38.3 Å². The van der Waals surface area contributed by atoms with Crippen LogP contribution in [0.25, 0.3) is 6.08 Å². The van der Waals surface area contributed by atoms with Crippen LogP contribution in [0.2, 0.25) is 0 Å². The van der Waals surface area contributed by atoms with Gasteiger partial charge in [0.25, 0.3) is 5.91 Å². The minimum Gasteiger partial charge on any atom is -0.497 e. The molecule has 146 valence electrons. The summed E-state index contributed by atoms with van der Waals surface area (Å²) in [6, 6.07) is 15.4. The van der Waals surface area contributed by atoms with Crippen LogP contribution in [-0.2, 0) is 20.7 Å². The first-order valence-corrected chi connectivity index (χ1v) is 9.48. The summed E-state index contributed by atoms with van der Waals surface area (Å²) in [6.07, 6.45) is 5.03. The largest absolute Gasteiger partial charge is 0.497 e. The van der Waals surface area contributed by atoms with Gasteiger partial charge in [-0.05, 0) is 61.1 Å². The number of rotatable bonds is 6. The number of hydrogen-bond donors (Lipinski definition) is 1. The molecule has 0 aromatic heterocycles. The van der Waals surface area contributed by atoms with Crippen molar-refractivity contribution in [2.75, 3.05) is 7.11 Å². The number of benzene rings is 2. The molecule has 2 aromatic carbocycles. The molecule has 5 heteroatoms. The van der Waals surface area contributed by atoms with Crippen LogP contribution in [0.4, 0.5) is 0 Å². The monoisotopic (exact) mass is 379 g/mol. The Morgan fingerprint density at radius 3 is 2.82 bits per heavy atom. The van der Waals surface area contributed by atoms with Crippen molar-refractivity contribution in [3.63, 3.8) is 0 Å². The van der Waals surface area contributed by atoms with Gasteiger partial charge < -0.3 is 14.8 Å². The Kier molecular flexibility index (Phi) is 6.48. The fourth-order valence-corrected chi connectivity index (χ4v) is 3.37. The van der Waals surface area contributed by atoms with E-state index < -0.39 is 12.1 Å². The zero-order valence-corrected chi connectivity index (χ0v) is 16.2. The van der Waals surface area contributed by atoms with Gasteiger partial charge in [0, 0.05) is 6.08 Å². The highest BCUT2D eigenvalue weighted by molar-refractivity contribution is 5.90. The minimum absolute atomic E-state index is 0.0362. The summed E-state index contributed by atoms with van der Waals surface area (Å²) < 4.78 is 10.4. The van der Waals surface area contributed by atoms with E-state index in [0.717, 1.165) is 30.4 Å². The van der Waals surface area contributed by atoms with E-state index in [9.17, 15) is 9.59 Å². The molecule has 2 aromatic rings. The van der Waals surface area contributed by atoms with Crippen LogP contribution in [0.3, 0.4) is 0 Å². The van der Waals surface area contributed by atoms with Crippen molar-refractivity contribution in [1.29, 1.82) is 0 Å². The molecule has 0 fully saturated rings. The Labute approximate surface area is 165 Å². The number of fused-ring (bicyclic) bond motifs is 1. The summed E-state index contributed by atoms with van der Waals surface area (Å²) in [6.45, 7) is 1.58. The lowest BCUT2D eigenvalue weighted by Crippen LogP contribution is -2.39. The number of esters is 1. The Morgan fingerprint density at radius 2 is 2.00 bits per heavy atom. The molecule has 0 unspecified atom stereocenters. The van der Waals surface area contributed by atoms with E-state index in [2.05, 4.69) is 11.4 Å². The molecule has 1 N–H and O–H groups in total. The van der Waals surface area contributed by atoms with Gasteiger partial charge in [0.1, 0.15) is 5.75 Å². The van der Waals surface area contributed by atoms with E-state index in [1.807, 2.05) is 36.4 Å². The van der Waals surface area contributed by atoms with Crippen molar-refractivity contribution in [3.8, 4) is 5.75 Å². The van der Waals surface area contributed by atoms with Gasteiger partial charge in [0.05, 0.1) is 13.2 Å². The van der Waals surface area contributed by atoms with Gasteiger partial charge in [-0.25, -0.2) is 4.79 Å². The van der Waals surface area contributed by atoms with E-state index in [-0.39, 0.29) is 11.9 Å². The topological polar surface area (TPSA) is 64.6 Å². The van der Waals surface area contributed by atoms with Crippen LogP contribution in [0, 0.1) is 0 Å². The molecule has 1 aliphatic rings. The van der Waals surface area contributed by atoms with Crippen LogP contribution in [0.5, 0.6) is 5.75 Å². The second-order valence-corrected chi connectivity index (χ2v) is 6.84. The maximum atomic E-state index is 12.5. The Balaban J connectivity index is 1.55. The molecule has 5 nitrogen and oxygen atoms in total. The predicted octanol–water partition coefficient (Wildman–Crippen LogP) is 3.83. The third kappa shape index (κ3) is 5.00. The Hall–Kier alpha value is -3.08. The molecular formula is C23H25NO4. The molecule has 28 heavy (non-hydrogen) atoms. The van der Waals surface area contributed by atoms with Gasteiger partial charge >= 0.3 is 5.97 Å². The van der Waals surface area contributed by atoms with Gasteiger partial charge in [-0.1, -0.05) is 36.4 Å². The molecule has 3 rings (SSSR count). The average molecular weight is 379 g/mol. The van der Waals surface area contributed by atoms with Crippen molar-refractivity contribution in [2.24, 2.45) is 0 Å². The predicted molar refractivity (Wildman–Crippen MR) is 108 cm³/mol. The second-order valence-electron chi connectivity index (χ2n) is 6.84. The van der Waals surface area contributed by atoms with Gasteiger partial charge in [-0.3, -0.25) is 4.79 Å². The van der Waals surface area contributed by atoms with Gasteiger partial charge in [0.2, 0.25) is 0 Å². The van der Waals surface area contributed by atoms with Crippen LogP contribution >= 0.6 is 0 Å². The number of carbonyl (C=O) groups excluding carboxylic acids is 2. The number of hydrogen-bond acceptors (Lipinski definition) is 4. The summed E-state index contributed by atoms with van der Waals surface area (Å²) >= 11 is 0. The molecule has 0 saturated heterocycles. The maximum absolute atomic E-state index is 12.5. The SMILES string of the molecule is COc1cccc(/C=C/C(=O)O[C@@H](C)C(=O)N[C@@H]2CCCc3ccccc32)c1. The van der Waals surface area contributed by atoms with Crippen LogP contribution < -0.4 is 10.1 Å². The molecule has 0 bridgehead atoms. The molecule has 2 atom stereocenters. The fourth-order valence-electron chi connectivity index (χ4n) is 3.37. The molecule has 1 aliphatic carbocycles. The highest BCUT2D eigenvalue weighted by atomic mass is 16.5. The van der Waals surface area contributed by atoms with E-state index in [1.165, 1.54) is 11.6 Å². The van der Waals surface area contributed by atoms with E-state index in [0.29, 0.717) is 5.75 Å². The third-order valence-electron chi connectivity index (χ3n) is 4.85. The van der Waals surface area contributed by atoms with E-state index in [4.69, 9.17) is 9.47 Å². The minimum atomic E-state index is -0.864. The molecule has 0 aliphatic heterocycles. The highest BCUT2D eigenvalue weighted by Crippen LogP contribution is 2.29. The van der Waals surface area contributed by atoms with E-state index in [1.54, 1.807) is 26.2 Å². The fraction of sp³-hybridized carbons (Fsp3) is 0.304. The van der Waals surface area contributed by atoms with Crippen LogP contribution in [0.1, 0.15) is 42.5 Å². The molecule has 0 spiro atoms. The quantitative estimate of drug-likeness (QED) is 0.612. The second kappa shape index (κ2) is 9.22. The first-order chi connectivity index (χ1) is 13.6. The number of methoxy groups -OCH3 is 1. The van der Waals surface area contributed by atoms with Crippen molar-refractivity contribution < 1.29 is 19.1 Å². The molecule has 1 amide bonds. The molecule has 0 heterocycles. The van der Waals surface area contributed by atoms with Gasteiger partial charge in [0.15, 0.2) is 6.10 Å². The highest BCUT2D eigenvalue weighted by Gasteiger charge is 2.24. The number of amides is 1. The Morgan fingerprint density at radius 1 is 1.18 bits per heavy atom. The van der Waals surface area contributed by atoms with Crippen molar-refractivity contribution in [1.82, 2.24) is 5.32 Å². The Bertz CT molecular complexity index is 874. The summed E-state index contributed by atoms with van der Waals surface area (Å²) in [5, 5.41) is 3.01. The lowest BCUT2D eigenvalue weighted by molar-refractivity contribution is -0.150. The lowest BCUT2D eigenvalue weighted by Gasteiger charge is -2.27. The zero-order chi connectivity index (χ0) is 19.9. The first kappa shape index (κ1) is 19.7. The zero-order valence-electron chi connectivity index (χ0n) is 16.2. The molecular weight excluding hydrogens is 354 g/mol. The number of nitrogens with one attached hydrogen (secondary N) is 1. The van der Waals surface area contributed by atoms with E-state index >= 15 is 0 Å². The van der Waals surface area contributed by atoms with Crippen LogP contribution in [-0.4, -0.2) is 25.1 Å². The molecule has 0 radical (unpaired) electrons. The third-order valence-corrected chi connectivity index (χ3v) is 4.85. The first-order valence-electron chi connectivity index (χ1n) is 9.48. The maximum Gasteiger partial charge on any atom is 0.331 e. The average Bonchev–Trinajstić information content (AvgIpc) is 2.72. The molecule has 0 saturated carbocycles. The summed E-state index contributed by atoms with van der Waals surface area (Å²) in [5.41, 5.74) is 3.23. The van der Waals surface area contributed by atoms with Crippen molar-refractivity contribution >= 4 is 18.0 Å². The summed E-state index contributed by atoms with van der Waals surface area (Å²) in [7, 11) is 1.59. The summed E-state index contributed by atoms with van der Waals surface area (Å²) in [4.78, 5) is 24.5. The number of carbonyl (C=O) groups is 2. The summed E-state index contributed by atoms with van der Waals surface area (Å²) in [5.74, 6) is -0.143. The van der Waals surface area contributed by atoms with Crippen LogP contribution in [0.15, 0.2) is 54.6 Å². The normalized spacial score (nSPS) is 16.9. The number of ether oxygens (including phenoxy) is 2. The van der Waals surface area contributed by atoms with Gasteiger partial charge in [-0.15, -0.1) is 0 Å². The van der Waals surface area contributed by atoms with Crippen molar-refractivity contribution in [3.05, 3.63) is 71.3 Å².